The molecule has 1 spiro atoms. The zero-order chi connectivity index (χ0) is 22.5. The summed E-state index contributed by atoms with van der Waals surface area (Å²) in [6.07, 6.45) is 6.42. The summed E-state index contributed by atoms with van der Waals surface area (Å²) in [5, 5.41) is 5.92. The van der Waals surface area contributed by atoms with Crippen LogP contribution in [0.2, 0.25) is 0 Å². The zero-order valence-corrected chi connectivity index (χ0v) is 18.4. The molecule has 5 rings (SSSR count). The van der Waals surface area contributed by atoms with Crippen LogP contribution in [0.5, 0.6) is 0 Å². The number of carbonyl (C=O) groups excluding carboxylic acids is 2. The lowest BCUT2D eigenvalue weighted by Gasteiger charge is -2.40. The Balaban J connectivity index is 1.50. The molecule has 2 aromatic rings. The van der Waals surface area contributed by atoms with E-state index in [-0.39, 0.29) is 29.6 Å². The van der Waals surface area contributed by atoms with Gasteiger partial charge < -0.3 is 10.6 Å². The smallest absolute Gasteiger partial charge is 0.244 e. The SMILES string of the molecule is CC(C)c1ccc(Nc2ncc3c(n2)N(C2CCCC2)C(=O)[C@]2(CCNC2=O)C3)cc1F. The molecular formula is C24H28FN5O2. The summed E-state index contributed by atoms with van der Waals surface area (Å²) in [5.41, 5.74) is 0.956. The van der Waals surface area contributed by atoms with Gasteiger partial charge in [-0.25, -0.2) is 9.37 Å². The van der Waals surface area contributed by atoms with Gasteiger partial charge in [0.25, 0.3) is 0 Å². The molecule has 0 radical (unpaired) electrons. The molecule has 3 aliphatic rings. The van der Waals surface area contributed by atoms with Crippen molar-refractivity contribution in [1.82, 2.24) is 15.3 Å². The Hall–Kier alpha value is -3.03. The fourth-order valence-corrected chi connectivity index (χ4v) is 5.27. The number of anilines is 3. The second-order valence-electron chi connectivity index (χ2n) is 9.44. The van der Waals surface area contributed by atoms with E-state index in [1.165, 1.54) is 6.07 Å². The number of fused-ring (bicyclic) bond motifs is 1. The van der Waals surface area contributed by atoms with E-state index in [9.17, 15) is 14.0 Å². The fourth-order valence-electron chi connectivity index (χ4n) is 5.27. The average molecular weight is 438 g/mol. The molecule has 1 aliphatic carbocycles. The Morgan fingerprint density at radius 1 is 1.25 bits per heavy atom. The minimum atomic E-state index is -1.05. The van der Waals surface area contributed by atoms with Crippen molar-refractivity contribution in [2.24, 2.45) is 5.41 Å². The van der Waals surface area contributed by atoms with Gasteiger partial charge in [0.2, 0.25) is 17.8 Å². The first-order valence-electron chi connectivity index (χ1n) is 11.4. The lowest BCUT2D eigenvalue weighted by atomic mass is 9.76. The number of rotatable bonds is 4. The Bertz CT molecular complexity index is 1080. The first kappa shape index (κ1) is 20.8. The number of aromatic nitrogens is 2. The van der Waals surface area contributed by atoms with Crippen LogP contribution in [0, 0.1) is 11.2 Å². The van der Waals surface area contributed by atoms with E-state index < -0.39 is 5.41 Å². The molecule has 3 heterocycles. The van der Waals surface area contributed by atoms with Crippen LogP contribution in [-0.2, 0) is 16.0 Å². The van der Waals surface area contributed by atoms with Gasteiger partial charge in [0, 0.05) is 36.5 Å². The predicted octanol–water partition coefficient (Wildman–Crippen LogP) is 3.82. The van der Waals surface area contributed by atoms with Crippen molar-refractivity contribution >= 4 is 29.3 Å². The third kappa shape index (κ3) is 3.32. The lowest BCUT2D eigenvalue weighted by molar-refractivity contribution is -0.140. The number of amides is 2. The number of halogens is 1. The normalized spacial score (nSPS) is 23.2. The van der Waals surface area contributed by atoms with Crippen LogP contribution in [0.4, 0.5) is 21.8 Å². The molecule has 1 aromatic heterocycles. The molecule has 2 amide bonds. The van der Waals surface area contributed by atoms with Gasteiger partial charge in [-0.3, -0.25) is 14.5 Å². The summed E-state index contributed by atoms with van der Waals surface area (Å²) < 4.78 is 14.4. The van der Waals surface area contributed by atoms with Gasteiger partial charge in [-0.2, -0.15) is 4.98 Å². The number of nitrogens with zero attached hydrogens (tertiary/aromatic N) is 3. The summed E-state index contributed by atoms with van der Waals surface area (Å²) in [5.74, 6) is 0.352. The molecule has 8 heteroatoms. The molecule has 2 fully saturated rings. The second-order valence-corrected chi connectivity index (χ2v) is 9.44. The quantitative estimate of drug-likeness (QED) is 0.710. The van der Waals surface area contributed by atoms with E-state index in [4.69, 9.17) is 0 Å². The van der Waals surface area contributed by atoms with Gasteiger partial charge in [0.1, 0.15) is 17.1 Å². The number of hydrogen-bond acceptors (Lipinski definition) is 5. The van der Waals surface area contributed by atoms with E-state index >= 15 is 0 Å². The molecule has 0 unspecified atom stereocenters. The fraction of sp³-hybridized carbons (Fsp3) is 0.500. The number of carbonyl (C=O) groups is 2. The molecule has 2 N–H and O–H groups in total. The van der Waals surface area contributed by atoms with E-state index in [1.54, 1.807) is 23.2 Å². The maximum absolute atomic E-state index is 14.4. The topological polar surface area (TPSA) is 87.2 Å². The molecule has 0 bridgehead atoms. The van der Waals surface area contributed by atoms with Crippen LogP contribution < -0.4 is 15.5 Å². The van der Waals surface area contributed by atoms with Crippen LogP contribution in [0.25, 0.3) is 0 Å². The minimum Gasteiger partial charge on any atom is -0.355 e. The van der Waals surface area contributed by atoms with Crippen LogP contribution in [0.3, 0.4) is 0 Å². The number of hydrogen-bond donors (Lipinski definition) is 2. The molecule has 32 heavy (non-hydrogen) atoms. The van der Waals surface area contributed by atoms with E-state index in [2.05, 4.69) is 20.6 Å². The van der Waals surface area contributed by atoms with Gasteiger partial charge >= 0.3 is 0 Å². The van der Waals surface area contributed by atoms with Crippen molar-refractivity contribution in [3.63, 3.8) is 0 Å². The number of benzene rings is 1. The van der Waals surface area contributed by atoms with E-state index in [0.29, 0.717) is 42.4 Å². The van der Waals surface area contributed by atoms with Crippen molar-refractivity contribution < 1.29 is 14.0 Å². The molecule has 2 aliphatic heterocycles. The molecule has 168 valence electrons. The Morgan fingerprint density at radius 2 is 2.03 bits per heavy atom. The van der Waals surface area contributed by atoms with Gasteiger partial charge in [0.15, 0.2) is 0 Å². The maximum Gasteiger partial charge on any atom is 0.244 e. The molecule has 1 saturated carbocycles. The third-order valence-electron chi connectivity index (χ3n) is 7.03. The van der Waals surface area contributed by atoms with Crippen molar-refractivity contribution in [1.29, 1.82) is 0 Å². The Labute approximate surface area is 186 Å². The highest BCUT2D eigenvalue weighted by Gasteiger charge is 2.56. The standard InChI is InChI=1S/C24H28FN5O2/c1-14(2)18-8-7-16(11-19(18)25)28-23-27-13-15-12-24(9-10-26-21(24)31)22(32)30(20(15)29-23)17-5-3-4-6-17/h7-8,11,13-14,17H,3-6,9-10,12H2,1-2H3,(H,26,31)(H,27,28,29)/t24-/m1/s1. The summed E-state index contributed by atoms with van der Waals surface area (Å²) in [4.78, 5) is 37.2. The Kier molecular flexibility index (Phi) is 5.10. The summed E-state index contributed by atoms with van der Waals surface area (Å²) in [6, 6.07) is 5.05. The van der Waals surface area contributed by atoms with Gasteiger partial charge in [-0.15, -0.1) is 0 Å². The largest absolute Gasteiger partial charge is 0.355 e. The minimum absolute atomic E-state index is 0.0392. The van der Waals surface area contributed by atoms with Gasteiger partial charge in [-0.1, -0.05) is 32.8 Å². The highest BCUT2D eigenvalue weighted by atomic mass is 19.1. The van der Waals surface area contributed by atoms with E-state index in [1.807, 2.05) is 13.8 Å². The van der Waals surface area contributed by atoms with Crippen LogP contribution >= 0.6 is 0 Å². The zero-order valence-electron chi connectivity index (χ0n) is 18.4. The highest BCUT2D eigenvalue weighted by molar-refractivity contribution is 6.14. The van der Waals surface area contributed by atoms with Crippen molar-refractivity contribution in [2.45, 2.75) is 64.3 Å². The lowest BCUT2D eigenvalue weighted by Crippen LogP contribution is -2.56. The maximum atomic E-state index is 14.4. The predicted molar refractivity (Wildman–Crippen MR) is 119 cm³/mol. The molecule has 1 aromatic carbocycles. The molecule has 1 atom stereocenters. The first-order chi connectivity index (χ1) is 15.4. The third-order valence-corrected chi connectivity index (χ3v) is 7.03. The van der Waals surface area contributed by atoms with Crippen LogP contribution in [0.15, 0.2) is 24.4 Å². The first-order valence-corrected chi connectivity index (χ1v) is 11.4. The van der Waals surface area contributed by atoms with E-state index in [0.717, 1.165) is 31.2 Å². The van der Waals surface area contributed by atoms with Crippen LogP contribution in [0.1, 0.15) is 63.0 Å². The van der Waals surface area contributed by atoms with Gasteiger partial charge in [-0.05, 0) is 42.9 Å². The van der Waals surface area contributed by atoms with Crippen molar-refractivity contribution in [3.05, 3.63) is 41.3 Å². The molecular weight excluding hydrogens is 409 g/mol. The average Bonchev–Trinajstić information content (AvgIpc) is 3.40. The Morgan fingerprint density at radius 3 is 2.69 bits per heavy atom. The van der Waals surface area contributed by atoms with Crippen LogP contribution in [-0.4, -0.2) is 34.4 Å². The summed E-state index contributed by atoms with van der Waals surface area (Å²) in [6.45, 7) is 4.41. The highest BCUT2D eigenvalue weighted by Crippen LogP contribution is 2.44. The van der Waals surface area contributed by atoms with Crippen molar-refractivity contribution in [3.8, 4) is 0 Å². The second kappa shape index (κ2) is 7.83. The molecule has 7 nitrogen and oxygen atoms in total. The molecule has 1 saturated heterocycles. The summed E-state index contributed by atoms with van der Waals surface area (Å²) >= 11 is 0. The summed E-state index contributed by atoms with van der Waals surface area (Å²) in [7, 11) is 0. The number of nitrogens with one attached hydrogen (secondary N) is 2. The van der Waals surface area contributed by atoms with Gasteiger partial charge in [0.05, 0.1) is 0 Å². The van der Waals surface area contributed by atoms with Crippen molar-refractivity contribution in [2.75, 3.05) is 16.8 Å². The monoisotopic (exact) mass is 437 g/mol.